The molecule has 0 aromatic carbocycles. The second-order valence-corrected chi connectivity index (χ2v) is 7.59. The van der Waals surface area contributed by atoms with Crippen molar-refractivity contribution in [2.45, 2.75) is 38.2 Å². The highest BCUT2D eigenvalue weighted by atomic mass is 19.4. The van der Waals surface area contributed by atoms with Crippen molar-refractivity contribution >= 4 is 11.7 Å². The zero-order chi connectivity index (χ0) is 21.4. The quantitative estimate of drug-likeness (QED) is 0.695. The summed E-state index contributed by atoms with van der Waals surface area (Å²) < 4.78 is 43.6. The van der Waals surface area contributed by atoms with E-state index in [-0.39, 0.29) is 6.61 Å². The van der Waals surface area contributed by atoms with Gasteiger partial charge in [0.05, 0.1) is 17.9 Å². The highest BCUT2D eigenvalue weighted by molar-refractivity contribution is 5.41. The Bertz CT molecular complexity index is 825. The van der Waals surface area contributed by atoms with Gasteiger partial charge in [-0.1, -0.05) is 19.0 Å². The van der Waals surface area contributed by atoms with Crippen LogP contribution in [0.4, 0.5) is 24.9 Å². The molecule has 0 aliphatic carbocycles. The number of hydrazine groups is 1. The molecule has 0 amide bonds. The van der Waals surface area contributed by atoms with Crippen LogP contribution in [0, 0.1) is 0 Å². The van der Waals surface area contributed by atoms with Crippen LogP contribution in [0.25, 0.3) is 0 Å². The fourth-order valence-electron chi connectivity index (χ4n) is 2.97. The third-order valence-corrected chi connectivity index (χ3v) is 4.95. The lowest BCUT2D eigenvalue weighted by Gasteiger charge is -2.36. The van der Waals surface area contributed by atoms with Crippen LogP contribution in [0.2, 0.25) is 0 Å². The van der Waals surface area contributed by atoms with Crippen molar-refractivity contribution in [3.05, 3.63) is 35.7 Å². The number of anilines is 2. The van der Waals surface area contributed by atoms with Crippen LogP contribution in [0.15, 0.2) is 28.9 Å². The molecule has 0 radical (unpaired) electrons. The average molecular weight is 415 g/mol. The molecule has 1 atom stereocenters. The van der Waals surface area contributed by atoms with Crippen LogP contribution in [-0.4, -0.2) is 58.5 Å². The Labute approximate surface area is 166 Å². The monoisotopic (exact) mass is 415 g/mol. The van der Waals surface area contributed by atoms with E-state index in [1.165, 1.54) is 11.0 Å². The predicted molar refractivity (Wildman–Crippen MR) is 98.9 cm³/mol. The van der Waals surface area contributed by atoms with Gasteiger partial charge in [0.2, 0.25) is 12.2 Å². The van der Waals surface area contributed by atoms with E-state index >= 15 is 0 Å². The van der Waals surface area contributed by atoms with E-state index in [0.29, 0.717) is 36.9 Å². The summed E-state index contributed by atoms with van der Waals surface area (Å²) in [6.07, 6.45) is -4.13. The standard InChI is InChI=1S/C18H24F3N5O3/c1-17(2,11-27)13-9-15(29-23-13)24(3)16(28)26-8-4-7-25(26)14-6-5-12(10-22-14)18(19,20)21/h5-6,9-10,16,27-28H,4,7-8,11H2,1-3H3. The van der Waals surface area contributed by atoms with Gasteiger partial charge in [-0.05, 0) is 18.6 Å². The van der Waals surface area contributed by atoms with E-state index in [2.05, 4.69) is 10.1 Å². The molecule has 1 fully saturated rings. The van der Waals surface area contributed by atoms with E-state index in [4.69, 9.17) is 4.52 Å². The lowest BCUT2D eigenvalue weighted by Crippen LogP contribution is -2.52. The predicted octanol–water partition coefficient (Wildman–Crippen LogP) is 2.20. The minimum atomic E-state index is -4.46. The molecule has 1 aliphatic rings. The molecular weight excluding hydrogens is 391 g/mol. The van der Waals surface area contributed by atoms with E-state index in [1.807, 2.05) is 13.8 Å². The molecule has 2 aromatic heterocycles. The Balaban J connectivity index is 1.77. The maximum absolute atomic E-state index is 12.8. The number of nitrogens with zero attached hydrogens (tertiary/aromatic N) is 5. The van der Waals surface area contributed by atoms with Gasteiger partial charge in [0.15, 0.2) is 0 Å². The first-order chi connectivity index (χ1) is 13.5. The molecule has 2 N–H and O–H groups in total. The van der Waals surface area contributed by atoms with Crippen molar-refractivity contribution in [3.63, 3.8) is 0 Å². The maximum atomic E-state index is 12.8. The lowest BCUT2D eigenvalue weighted by atomic mass is 9.91. The van der Waals surface area contributed by atoms with Crippen molar-refractivity contribution < 1.29 is 27.9 Å². The Morgan fingerprint density at radius 2 is 2.00 bits per heavy atom. The average Bonchev–Trinajstić information content (AvgIpc) is 3.36. The number of hydrogen-bond acceptors (Lipinski definition) is 8. The molecule has 3 heterocycles. The number of aromatic nitrogens is 2. The van der Waals surface area contributed by atoms with Crippen molar-refractivity contribution in [2.24, 2.45) is 0 Å². The van der Waals surface area contributed by atoms with Gasteiger partial charge < -0.3 is 19.6 Å². The summed E-state index contributed by atoms with van der Waals surface area (Å²) in [5.74, 6) is 0.601. The van der Waals surface area contributed by atoms with E-state index in [1.54, 1.807) is 23.1 Å². The topological polar surface area (TPSA) is 89.1 Å². The van der Waals surface area contributed by atoms with Gasteiger partial charge in [0.25, 0.3) is 0 Å². The minimum Gasteiger partial charge on any atom is -0.395 e. The zero-order valence-corrected chi connectivity index (χ0v) is 16.4. The molecule has 2 aromatic rings. The Kier molecular flexibility index (Phi) is 5.74. The molecule has 11 heteroatoms. The summed E-state index contributed by atoms with van der Waals surface area (Å²) in [4.78, 5) is 5.36. The molecule has 0 spiro atoms. The zero-order valence-electron chi connectivity index (χ0n) is 16.4. The molecule has 1 aliphatic heterocycles. The molecule has 8 nitrogen and oxygen atoms in total. The van der Waals surface area contributed by atoms with E-state index in [0.717, 1.165) is 12.3 Å². The van der Waals surface area contributed by atoms with Gasteiger partial charge in [0.1, 0.15) is 5.82 Å². The number of halogens is 3. The van der Waals surface area contributed by atoms with Crippen molar-refractivity contribution in [1.82, 2.24) is 15.1 Å². The Morgan fingerprint density at radius 1 is 1.28 bits per heavy atom. The number of alkyl halides is 3. The SMILES string of the molecule is CN(c1cc(C(C)(C)CO)no1)C(O)N1CCCN1c1ccc(C(F)(F)F)cn1. The highest BCUT2D eigenvalue weighted by Crippen LogP contribution is 2.31. The van der Waals surface area contributed by atoms with Crippen LogP contribution in [0.1, 0.15) is 31.5 Å². The van der Waals surface area contributed by atoms with Crippen molar-refractivity contribution in [2.75, 3.05) is 36.7 Å². The van der Waals surface area contributed by atoms with Crippen LogP contribution >= 0.6 is 0 Å². The van der Waals surface area contributed by atoms with Gasteiger partial charge in [-0.2, -0.15) is 18.2 Å². The largest absolute Gasteiger partial charge is 0.417 e. The number of hydrogen-bond donors (Lipinski definition) is 2. The fourth-order valence-corrected chi connectivity index (χ4v) is 2.97. The molecule has 160 valence electrons. The third-order valence-electron chi connectivity index (χ3n) is 4.95. The summed E-state index contributed by atoms with van der Waals surface area (Å²) >= 11 is 0. The lowest BCUT2D eigenvalue weighted by molar-refractivity contribution is -0.137. The number of aliphatic hydroxyl groups is 2. The summed E-state index contributed by atoms with van der Waals surface area (Å²) in [6.45, 7) is 4.48. The normalized spacial score (nSPS) is 17.0. The molecule has 0 saturated carbocycles. The van der Waals surface area contributed by atoms with E-state index in [9.17, 15) is 23.4 Å². The van der Waals surface area contributed by atoms with Gasteiger partial charge >= 0.3 is 6.18 Å². The van der Waals surface area contributed by atoms with Crippen LogP contribution in [-0.2, 0) is 11.6 Å². The summed E-state index contributed by atoms with van der Waals surface area (Å²) in [7, 11) is 1.61. The minimum absolute atomic E-state index is 0.120. The first-order valence-electron chi connectivity index (χ1n) is 9.11. The molecule has 1 saturated heterocycles. The van der Waals surface area contributed by atoms with Crippen LogP contribution in [0.3, 0.4) is 0 Å². The fraction of sp³-hybridized carbons (Fsp3) is 0.556. The van der Waals surface area contributed by atoms with Gasteiger partial charge in [-0.15, -0.1) is 0 Å². The summed E-state index contributed by atoms with van der Waals surface area (Å²) in [5, 5.41) is 27.5. The smallest absolute Gasteiger partial charge is 0.395 e. The third kappa shape index (κ3) is 4.31. The Hall–Kier alpha value is -2.37. The summed E-state index contributed by atoms with van der Waals surface area (Å²) in [6, 6.07) is 3.88. The maximum Gasteiger partial charge on any atom is 0.417 e. The molecular formula is C18H24F3N5O3. The second-order valence-electron chi connectivity index (χ2n) is 7.59. The molecule has 3 rings (SSSR count). The highest BCUT2D eigenvalue weighted by Gasteiger charge is 2.35. The second kappa shape index (κ2) is 7.81. The van der Waals surface area contributed by atoms with Crippen molar-refractivity contribution in [3.8, 4) is 0 Å². The number of aliphatic hydroxyl groups excluding tert-OH is 2. The number of rotatable bonds is 6. The Morgan fingerprint density at radius 3 is 2.59 bits per heavy atom. The first kappa shape index (κ1) is 21.3. The first-order valence-corrected chi connectivity index (χ1v) is 9.11. The molecule has 1 unspecified atom stereocenters. The van der Waals surface area contributed by atoms with Gasteiger partial charge in [-0.25, -0.2) is 4.98 Å². The van der Waals surface area contributed by atoms with Crippen LogP contribution < -0.4 is 9.91 Å². The molecule has 29 heavy (non-hydrogen) atoms. The molecule has 0 bridgehead atoms. The van der Waals surface area contributed by atoms with Crippen LogP contribution in [0.5, 0.6) is 0 Å². The summed E-state index contributed by atoms with van der Waals surface area (Å²) in [5.41, 5.74) is -0.890. The van der Waals surface area contributed by atoms with Gasteiger partial charge in [-0.3, -0.25) is 5.01 Å². The number of pyridine rings is 1. The van der Waals surface area contributed by atoms with Crippen molar-refractivity contribution in [1.29, 1.82) is 0 Å². The van der Waals surface area contributed by atoms with E-state index < -0.39 is 23.5 Å². The van der Waals surface area contributed by atoms with Gasteiger partial charge in [0, 0.05) is 37.8 Å².